The molecule has 1 aliphatic heterocycles. The second-order valence-corrected chi connectivity index (χ2v) is 5.09. The summed E-state index contributed by atoms with van der Waals surface area (Å²) in [6.07, 6.45) is 2.32. The highest BCUT2D eigenvalue weighted by Gasteiger charge is 2.20. The zero-order valence-electron chi connectivity index (χ0n) is 9.32. The minimum absolute atomic E-state index is 0.205. The summed E-state index contributed by atoms with van der Waals surface area (Å²) in [5, 5.41) is 6.41. The van der Waals surface area contributed by atoms with Crippen LogP contribution in [0, 0.1) is 5.82 Å². The van der Waals surface area contributed by atoms with Crippen LogP contribution in [0.15, 0.2) is 29.6 Å². The quantitative estimate of drug-likeness (QED) is 0.881. The van der Waals surface area contributed by atoms with Crippen molar-refractivity contribution in [2.45, 2.75) is 18.9 Å². The van der Waals surface area contributed by atoms with E-state index in [1.165, 1.54) is 12.5 Å². The van der Waals surface area contributed by atoms with E-state index in [0.717, 1.165) is 23.7 Å². The molecule has 0 spiro atoms. The van der Waals surface area contributed by atoms with Crippen LogP contribution in [0.2, 0.25) is 0 Å². The molecule has 0 amide bonds. The predicted molar refractivity (Wildman–Crippen MR) is 67.5 cm³/mol. The number of halogens is 1. The Morgan fingerprint density at radius 2 is 2.24 bits per heavy atom. The van der Waals surface area contributed by atoms with Crippen molar-refractivity contribution >= 4 is 11.3 Å². The monoisotopic (exact) mass is 248 g/mol. The first-order chi connectivity index (χ1) is 8.34. The molecule has 1 aliphatic rings. The molecule has 2 nitrogen and oxygen atoms in total. The second-order valence-electron chi connectivity index (χ2n) is 4.20. The Hall–Kier alpha value is -1.26. The zero-order valence-corrected chi connectivity index (χ0v) is 10.1. The molecule has 0 radical (unpaired) electrons. The average Bonchev–Trinajstić information content (AvgIpc) is 3.00. The Kier molecular flexibility index (Phi) is 2.91. The smallest absolute Gasteiger partial charge is 0.132 e. The molecule has 1 aromatic carbocycles. The average molecular weight is 248 g/mol. The van der Waals surface area contributed by atoms with Crippen molar-refractivity contribution in [1.29, 1.82) is 0 Å². The molecule has 0 bridgehead atoms. The molecule has 88 valence electrons. The first-order valence-corrected chi connectivity index (χ1v) is 6.66. The van der Waals surface area contributed by atoms with Crippen molar-refractivity contribution in [1.82, 2.24) is 10.3 Å². The van der Waals surface area contributed by atoms with Gasteiger partial charge in [0.1, 0.15) is 10.8 Å². The molecule has 4 heteroatoms. The summed E-state index contributed by atoms with van der Waals surface area (Å²) in [4.78, 5) is 4.54. The zero-order chi connectivity index (χ0) is 11.7. The van der Waals surface area contributed by atoms with Gasteiger partial charge in [0.2, 0.25) is 0 Å². The lowest BCUT2D eigenvalue weighted by molar-refractivity contribution is 0.629. The Labute approximate surface area is 104 Å². The number of rotatable bonds is 2. The number of nitrogens with one attached hydrogen (secondary N) is 1. The molecule has 17 heavy (non-hydrogen) atoms. The van der Waals surface area contributed by atoms with E-state index >= 15 is 0 Å². The molecular weight excluding hydrogens is 235 g/mol. The number of hydrogen-bond acceptors (Lipinski definition) is 3. The first kappa shape index (κ1) is 10.9. The highest BCUT2D eigenvalue weighted by molar-refractivity contribution is 7.10. The van der Waals surface area contributed by atoms with Gasteiger partial charge in [-0.15, -0.1) is 11.3 Å². The van der Waals surface area contributed by atoms with Gasteiger partial charge >= 0.3 is 0 Å². The van der Waals surface area contributed by atoms with Crippen LogP contribution in [-0.4, -0.2) is 11.5 Å². The fraction of sp³-hybridized carbons (Fsp3) is 0.308. The van der Waals surface area contributed by atoms with Crippen LogP contribution in [0.25, 0.3) is 11.3 Å². The maximum Gasteiger partial charge on any atom is 0.132 e. The molecule has 1 aromatic heterocycles. The predicted octanol–water partition coefficient (Wildman–Crippen LogP) is 3.37. The van der Waals surface area contributed by atoms with Gasteiger partial charge in [-0.05, 0) is 31.5 Å². The fourth-order valence-electron chi connectivity index (χ4n) is 2.14. The van der Waals surface area contributed by atoms with Crippen LogP contribution in [0.1, 0.15) is 23.9 Å². The van der Waals surface area contributed by atoms with Crippen molar-refractivity contribution in [2.24, 2.45) is 0 Å². The largest absolute Gasteiger partial charge is 0.308 e. The molecule has 0 aliphatic carbocycles. The van der Waals surface area contributed by atoms with Gasteiger partial charge < -0.3 is 5.32 Å². The Balaban J connectivity index is 1.92. The minimum atomic E-state index is -0.205. The summed E-state index contributed by atoms with van der Waals surface area (Å²) in [7, 11) is 0. The highest BCUT2D eigenvalue weighted by Crippen LogP contribution is 2.30. The molecular formula is C13H13FN2S. The topological polar surface area (TPSA) is 24.9 Å². The van der Waals surface area contributed by atoms with E-state index in [-0.39, 0.29) is 5.82 Å². The van der Waals surface area contributed by atoms with Gasteiger partial charge in [0, 0.05) is 10.9 Å². The van der Waals surface area contributed by atoms with Gasteiger partial charge in [0.15, 0.2) is 0 Å². The van der Waals surface area contributed by atoms with Crippen molar-refractivity contribution in [2.75, 3.05) is 6.54 Å². The van der Waals surface area contributed by atoms with E-state index in [1.54, 1.807) is 23.5 Å². The molecule has 1 atom stereocenters. The Bertz CT molecular complexity index is 518. The summed E-state index contributed by atoms with van der Waals surface area (Å²) in [5.74, 6) is -0.205. The standard InChI is InChI=1S/C13H13FN2S/c14-10-5-2-1-4-9(10)12-8-17-13(16-12)11-6-3-7-15-11/h1-2,4-5,8,11,15H,3,6-7H2. The van der Waals surface area contributed by atoms with Crippen LogP contribution in [-0.2, 0) is 0 Å². The Morgan fingerprint density at radius 1 is 1.35 bits per heavy atom. The Morgan fingerprint density at radius 3 is 3.00 bits per heavy atom. The maximum absolute atomic E-state index is 13.6. The minimum Gasteiger partial charge on any atom is -0.308 e. The summed E-state index contributed by atoms with van der Waals surface area (Å²) in [6.45, 7) is 1.05. The van der Waals surface area contributed by atoms with Crippen LogP contribution in [0.4, 0.5) is 4.39 Å². The van der Waals surface area contributed by atoms with E-state index in [0.29, 0.717) is 11.6 Å². The van der Waals surface area contributed by atoms with E-state index in [9.17, 15) is 4.39 Å². The van der Waals surface area contributed by atoms with E-state index in [2.05, 4.69) is 10.3 Å². The van der Waals surface area contributed by atoms with Crippen LogP contribution < -0.4 is 5.32 Å². The van der Waals surface area contributed by atoms with Crippen LogP contribution in [0.3, 0.4) is 0 Å². The summed E-state index contributed by atoms with van der Waals surface area (Å²) >= 11 is 1.61. The van der Waals surface area contributed by atoms with Crippen LogP contribution >= 0.6 is 11.3 Å². The number of nitrogens with zero attached hydrogens (tertiary/aromatic N) is 1. The number of benzene rings is 1. The molecule has 1 fully saturated rings. The first-order valence-electron chi connectivity index (χ1n) is 5.78. The van der Waals surface area contributed by atoms with Crippen molar-refractivity contribution in [3.63, 3.8) is 0 Å². The van der Waals surface area contributed by atoms with Gasteiger partial charge in [-0.25, -0.2) is 9.37 Å². The van der Waals surface area contributed by atoms with Gasteiger partial charge in [0.25, 0.3) is 0 Å². The molecule has 3 rings (SSSR count). The summed E-state index contributed by atoms with van der Waals surface area (Å²) < 4.78 is 13.6. The number of hydrogen-bond donors (Lipinski definition) is 1. The molecule has 2 aromatic rings. The lowest BCUT2D eigenvalue weighted by Gasteiger charge is -2.04. The lowest BCUT2D eigenvalue weighted by atomic mass is 10.1. The number of thiazole rings is 1. The van der Waals surface area contributed by atoms with E-state index in [4.69, 9.17) is 0 Å². The normalized spacial score (nSPS) is 19.7. The van der Waals surface area contributed by atoms with Crippen molar-refractivity contribution in [3.05, 3.63) is 40.5 Å². The molecule has 1 saturated heterocycles. The molecule has 1 N–H and O–H groups in total. The van der Waals surface area contributed by atoms with Crippen molar-refractivity contribution in [3.8, 4) is 11.3 Å². The summed E-state index contributed by atoms with van der Waals surface area (Å²) in [6, 6.07) is 7.15. The van der Waals surface area contributed by atoms with Gasteiger partial charge in [-0.3, -0.25) is 0 Å². The highest BCUT2D eigenvalue weighted by atomic mass is 32.1. The van der Waals surface area contributed by atoms with Gasteiger partial charge in [0.05, 0.1) is 11.7 Å². The third-order valence-electron chi connectivity index (χ3n) is 3.03. The third kappa shape index (κ3) is 2.10. The van der Waals surface area contributed by atoms with Gasteiger partial charge in [-0.2, -0.15) is 0 Å². The molecule has 0 saturated carbocycles. The summed E-state index contributed by atoms with van der Waals surface area (Å²) in [5.41, 5.74) is 1.34. The third-order valence-corrected chi connectivity index (χ3v) is 3.99. The molecule has 2 heterocycles. The second kappa shape index (κ2) is 4.55. The lowest BCUT2D eigenvalue weighted by Crippen LogP contribution is -2.12. The molecule has 1 unspecified atom stereocenters. The maximum atomic E-state index is 13.6. The number of aromatic nitrogens is 1. The van der Waals surface area contributed by atoms with Crippen molar-refractivity contribution < 1.29 is 4.39 Å². The van der Waals surface area contributed by atoms with Crippen LogP contribution in [0.5, 0.6) is 0 Å². The van der Waals surface area contributed by atoms with Gasteiger partial charge in [-0.1, -0.05) is 12.1 Å². The van der Waals surface area contributed by atoms with E-state index in [1.807, 2.05) is 11.4 Å². The fourth-order valence-corrected chi connectivity index (χ4v) is 3.06. The van der Waals surface area contributed by atoms with E-state index < -0.39 is 0 Å². The SMILES string of the molecule is Fc1ccccc1-c1csc(C2CCCN2)n1.